The van der Waals surface area contributed by atoms with Crippen molar-refractivity contribution >= 4 is 53.9 Å². The second-order valence-electron chi connectivity index (χ2n) is 11.4. The molecule has 2 aromatic carbocycles. The summed E-state index contributed by atoms with van der Waals surface area (Å²) in [6.45, 7) is 2.61. The molecule has 0 bridgehead atoms. The van der Waals surface area contributed by atoms with Crippen LogP contribution < -0.4 is 5.32 Å². The summed E-state index contributed by atoms with van der Waals surface area (Å²) in [7, 11) is 0.535. The van der Waals surface area contributed by atoms with Crippen LogP contribution in [0, 0.1) is 5.82 Å². The van der Waals surface area contributed by atoms with Crippen LogP contribution in [-0.4, -0.2) is 111 Å². The molecule has 1 aliphatic heterocycles. The maximum Gasteiger partial charge on any atom is 0.474 e. The van der Waals surface area contributed by atoms with E-state index in [4.69, 9.17) is 29.9 Å². The van der Waals surface area contributed by atoms with Crippen molar-refractivity contribution < 1.29 is 41.6 Å². The molecule has 1 aromatic heterocycles. The molecule has 274 valence electrons. The lowest BCUT2D eigenvalue weighted by atomic mass is 10.1. The second kappa shape index (κ2) is 19.7. The van der Waals surface area contributed by atoms with E-state index >= 15 is 0 Å². The third-order valence-electron chi connectivity index (χ3n) is 8.37. The lowest BCUT2D eigenvalue weighted by molar-refractivity contribution is -0.136. The Balaban J connectivity index is 0.00000676. The van der Waals surface area contributed by atoms with Crippen LogP contribution >= 0.6 is 19.4 Å². The largest absolute Gasteiger partial charge is 0.474 e. The number of hydrogen-bond donors (Lipinski definition) is 1. The molecular weight excluding hydrogens is 692 g/mol. The molecule has 1 N–H and O–H groups in total. The smallest absolute Gasteiger partial charge is 0.447 e. The molecule has 0 saturated carbocycles. The van der Waals surface area contributed by atoms with Crippen molar-refractivity contribution in [1.82, 2.24) is 19.7 Å². The van der Waals surface area contributed by atoms with E-state index in [0.717, 1.165) is 10.8 Å². The quantitative estimate of drug-likeness (QED) is 0.174. The molecule has 0 unspecified atom stereocenters. The number of anilines is 1. The summed E-state index contributed by atoms with van der Waals surface area (Å²) in [6, 6.07) is 13.1. The van der Waals surface area contributed by atoms with Gasteiger partial charge >= 0.3 is 13.9 Å². The van der Waals surface area contributed by atoms with Crippen molar-refractivity contribution in [2.24, 2.45) is 0 Å². The number of aryl methyl sites for hydroxylation is 1. The number of pyridine rings is 1. The van der Waals surface area contributed by atoms with Crippen LogP contribution in [0.1, 0.15) is 32.3 Å². The Morgan fingerprint density at radius 2 is 1.74 bits per heavy atom. The molecule has 50 heavy (non-hydrogen) atoms. The van der Waals surface area contributed by atoms with Crippen molar-refractivity contribution in [1.29, 1.82) is 0 Å². The molecule has 0 aliphatic carbocycles. The first kappa shape index (κ1) is 40.8. The summed E-state index contributed by atoms with van der Waals surface area (Å²) < 4.78 is 46.3. The van der Waals surface area contributed by atoms with Crippen LogP contribution in [0.15, 0.2) is 54.7 Å². The minimum absolute atomic E-state index is 0. The summed E-state index contributed by atoms with van der Waals surface area (Å²) in [5.74, 6) is -0.625. The van der Waals surface area contributed by atoms with Crippen LogP contribution in [0.2, 0.25) is 5.02 Å². The van der Waals surface area contributed by atoms with E-state index in [9.17, 15) is 23.3 Å². The molecule has 3 aromatic rings. The summed E-state index contributed by atoms with van der Waals surface area (Å²) in [4.78, 5) is 48.8. The zero-order chi connectivity index (χ0) is 35.4. The first-order valence-electron chi connectivity index (χ1n) is 15.8. The van der Waals surface area contributed by atoms with Crippen LogP contribution in [-0.2, 0) is 38.9 Å². The number of piperazine rings is 1. The number of nitrogens with one attached hydrogen (secondary N) is 1. The number of fused-ring (bicyclic) bond motifs is 1. The average molecular weight is 738 g/mol. The van der Waals surface area contributed by atoms with Gasteiger partial charge in [0.15, 0.2) is 0 Å². The standard InChI is InChI=1S/C33H42ClFN5O8P.CH4/c1-38(30(41)13-11-24-9-6-10-28(35)32(24)34)27(23-47-33(43)37-29-21-25-7-4-5-8-26(25)22-36-29)12-14-31(42)40-17-15-39(16-18-40)19-20-48-49(44,45-2)46-3;/h4-10,21-22,27H,11-20,23H2,1-3H3,(H,36,37,43);1H4/t27-;/m0./s1. The van der Waals surface area contributed by atoms with Gasteiger partial charge in [0.1, 0.15) is 18.2 Å². The Kier molecular flexibility index (Phi) is 16.0. The highest BCUT2D eigenvalue weighted by Gasteiger charge is 2.27. The molecule has 3 amide bonds. The number of amides is 3. The highest BCUT2D eigenvalue weighted by molar-refractivity contribution is 7.48. The van der Waals surface area contributed by atoms with E-state index < -0.39 is 25.8 Å². The van der Waals surface area contributed by atoms with Gasteiger partial charge in [-0.25, -0.2) is 18.7 Å². The summed E-state index contributed by atoms with van der Waals surface area (Å²) in [5.41, 5.74) is 0.505. The third kappa shape index (κ3) is 11.7. The number of likely N-dealkylation sites (N-methyl/N-ethyl adjacent to an activating group) is 1. The molecule has 0 spiro atoms. The Hall–Kier alpha value is -3.65. The minimum Gasteiger partial charge on any atom is -0.447 e. The van der Waals surface area contributed by atoms with Gasteiger partial charge in [-0.1, -0.05) is 55.4 Å². The van der Waals surface area contributed by atoms with E-state index in [0.29, 0.717) is 44.1 Å². The number of aromatic nitrogens is 1. The first-order chi connectivity index (χ1) is 23.5. The SMILES string of the molecule is C.COP(=O)(OC)OCCN1CCN(C(=O)CC[C@@H](COC(=O)Nc2cc3ccccc3cn2)N(C)C(=O)CCc2cccc(F)c2Cl)CC1. The number of carbonyl (C=O) groups excluding carboxylic acids is 3. The number of phosphoric acid groups is 1. The summed E-state index contributed by atoms with van der Waals surface area (Å²) in [5, 5.41) is 4.41. The predicted molar refractivity (Wildman–Crippen MR) is 190 cm³/mol. The Morgan fingerprint density at radius 1 is 1.04 bits per heavy atom. The van der Waals surface area contributed by atoms with Gasteiger partial charge in [0.05, 0.1) is 17.7 Å². The van der Waals surface area contributed by atoms with Crippen LogP contribution in [0.25, 0.3) is 10.8 Å². The molecule has 1 atom stereocenters. The van der Waals surface area contributed by atoms with E-state index in [-0.39, 0.29) is 63.2 Å². The van der Waals surface area contributed by atoms with Gasteiger partial charge in [-0.3, -0.25) is 33.4 Å². The van der Waals surface area contributed by atoms with Crippen LogP contribution in [0.3, 0.4) is 0 Å². The van der Waals surface area contributed by atoms with Gasteiger partial charge in [-0.2, -0.15) is 0 Å². The summed E-state index contributed by atoms with van der Waals surface area (Å²) in [6.07, 6.45) is 1.49. The first-order valence-corrected chi connectivity index (χ1v) is 17.7. The number of phosphoric ester groups is 1. The zero-order valence-electron chi connectivity index (χ0n) is 27.8. The Labute approximate surface area is 297 Å². The molecule has 2 heterocycles. The van der Waals surface area contributed by atoms with Gasteiger partial charge < -0.3 is 14.5 Å². The van der Waals surface area contributed by atoms with E-state index in [1.165, 1.54) is 31.3 Å². The molecule has 13 nitrogen and oxygen atoms in total. The van der Waals surface area contributed by atoms with Crippen LogP contribution in [0.4, 0.5) is 15.0 Å². The second-order valence-corrected chi connectivity index (χ2v) is 13.7. The number of nitrogens with zero attached hydrogens (tertiary/aromatic N) is 4. The lowest BCUT2D eigenvalue weighted by Crippen LogP contribution is -2.49. The monoisotopic (exact) mass is 737 g/mol. The molecule has 1 fully saturated rings. The Morgan fingerprint density at radius 3 is 2.44 bits per heavy atom. The van der Waals surface area contributed by atoms with E-state index in [1.54, 1.807) is 30.3 Å². The summed E-state index contributed by atoms with van der Waals surface area (Å²) >= 11 is 6.08. The van der Waals surface area contributed by atoms with Gasteiger partial charge in [0, 0.05) is 78.4 Å². The fourth-order valence-corrected chi connectivity index (χ4v) is 6.23. The fraction of sp³-hybridized carbons (Fsp3) is 0.471. The third-order valence-corrected chi connectivity index (χ3v) is 10.2. The van der Waals surface area contributed by atoms with E-state index in [1.807, 2.05) is 24.3 Å². The lowest BCUT2D eigenvalue weighted by Gasteiger charge is -2.35. The minimum atomic E-state index is -3.55. The highest BCUT2D eigenvalue weighted by atomic mass is 35.5. The molecule has 1 aliphatic rings. The fourth-order valence-electron chi connectivity index (χ4n) is 5.35. The van der Waals surface area contributed by atoms with Gasteiger partial charge in [0.25, 0.3) is 0 Å². The van der Waals surface area contributed by atoms with Crippen molar-refractivity contribution in [2.45, 2.75) is 39.2 Å². The van der Waals surface area contributed by atoms with Crippen molar-refractivity contribution in [2.75, 3.05) is 72.5 Å². The number of hydrogen-bond acceptors (Lipinski definition) is 10. The number of carbonyl (C=O) groups is 3. The molecule has 0 radical (unpaired) electrons. The highest BCUT2D eigenvalue weighted by Crippen LogP contribution is 2.47. The van der Waals surface area contributed by atoms with E-state index in [2.05, 4.69) is 15.2 Å². The normalized spacial score (nSPS) is 14.1. The van der Waals surface area contributed by atoms with Crippen molar-refractivity contribution in [3.05, 3.63) is 71.1 Å². The van der Waals surface area contributed by atoms with Gasteiger partial charge in [-0.15, -0.1) is 0 Å². The maximum atomic E-state index is 13.9. The van der Waals surface area contributed by atoms with Crippen molar-refractivity contribution in [3.8, 4) is 0 Å². The number of halogens is 2. The Bertz CT molecular complexity index is 1640. The molecule has 4 rings (SSSR count). The van der Waals surface area contributed by atoms with Gasteiger partial charge in [-0.05, 0) is 35.9 Å². The molecule has 1 saturated heterocycles. The zero-order valence-corrected chi connectivity index (χ0v) is 29.5. The average Bonchev–Trinajstić information content (AvgIpc) is 3.11. The number of ether oxygens (including phenoxy) is 1. The predicted octanol–water partition coefficient (Wildman–Crippen LogP) is 6.01. The molecular formula is C34H46ClFN5O8P. The van der Waals surface area contributed by atoms with Crippen LogP contribution in [0.5, 0.6) is 0 Å². The maximum absolute atomic E-state index is 13.9. The number of benzene rings is 2. The van der Waals surface area contributed by atoms with Crippen molar-refractivity contribution in [3.63, 3.8) is 0 Å². The molecule has 16 heteroatoms. The number of rotatable bonds is 16. The van der Waals surface area contributed by atoms with Gasteiger partial charge in [0.2, 0.25) is 11.8 Å². The topological polar surface area (TPSA) is 140 Å².